The van der Waals surface area contributed by atoms with Gasteiger partial charge in [0.1, 0.15) is 5.82 Å². The summed E-state index contributed by atoms with van der Waals surface area (Å²) in [6.07, 6.45) is 0. The summed E-state index contributed by atoms with van der Waals surface area (Å²) >= 11 is 6.25. The number of hydrogen-bond donors (Lipinski definition) is 0. The number of fused-ring (bicyclic) bond motifs is 1. The molecule has 0 saturated heterocycles. The molecule has 0 aromatic heterocycles. The molecule has 0 aliphatic rings. The quantitative estimate of drug-likeness (QED) is 0.203. The van der Waals surface area contributed by atoms with E-state index in [0.29, 0.717) is 0 Å². The number of halogens is 9. The van der Waals surface area contributed by atoms with Crippen LogP contribution in [0.1, 0.15) is 0 Å². The van der Waals surface area contributed by atoms with Crippen LogP contribution in [0.4, 0.5) is 30.7 Å². The molecule has 0 nitrogen and oxygen atoms in total. The molecular formula is C10HBr2F7Zn. The first-order valence-corrected chi connectivity index (χ1v) is 18.6. The van der Waals surface area contributed by atoms with Gasteiger partial charge in [-0.25, -0.2) is 30.7 Å². The summed E-state index contributed by atoms with van der Waals surface area (Å²) in [6, 6.07) is -0.0858. The van der Waals surface area contributed by atoms with Gasteiger partial charge in [0, 0.05) is 6.07 Å². The Labute approximate surface area is 128 Å². The van der Waals surface area contributed by atoms with Gasteiger partial charge in [0.25, 0.3) is 0 Å². The monoisotopic (exact) mass is 476 g/mol. The SMILES string of the molecule is Fc1cc(F)c2c(F)c(F)c(F)c(F)c2c1F.[Br][Zn][Br]. The van der Waals surface area contributed by atoms with E-state index in [1.54, 1.807) is 0 Å². The Balaban J connectivity index is 0.000000612. The third kappa shape index (κ3) is 3.17. The van der Waals surface area contributed by atoms with E-state index in [1.807, 2.05) is 0 Å². The minimum absolute atomic E-state index is 0.0858. The molecule has 20 heavy (non-hydrogen) atoms. The Kier molecular flexibility index (Phi) is 6.40. The molecule has 0 saturated carbocycles. The van der Waals surface area contributed by atoms with E-state index in [-0.39, 0.29) is 19.3 Å². The molecule has 0 bridgehead atoms. The van der Waals surface area contributed by atoms with Gasteiger partial charge in [-0.2, -0.15) is 0 Å². The summed E-state index contributed by atoms with van der Waals surface area (Å²) in [5.41, 5.74) is 0. The summed E-state index contributed by atoms with van der Waals surface area (Å²) in [5.74, 6) is -14.5. The van der Waals surface area contributed by atoms with Gasteiger partial charge in [-0.15, -0.1) is 0 Å². The van der Waals surface area contributed by atoms with Gasteiger partial charge < -0.3 is 0 Å². The average Bonchev–Trinajstić information content (AvgIpc) is 2.38. The van der Waals surface area contributed by atoms with Crippen molar-refractivity contribution in [2.24, 2.45) is 0 Å². The van der Waals surface area contributed by atoms with E-state index in [4.69, 9.17) is 0 Å². The van der Waals surface area contributed by atoms with Crippen LogP contribution < -0.4 is 0 Å². The molecule has 10 heteroatoms. The van der Waals surface area contributed by atoms with Crippen LogP contribution in [0.5, 0.6) is 0 Å². The third-order valence-corrected chi connectivity index (χ3v) is 2.19. The molecule has 0 radical (unpaired) electrons. The zero-order valence-electron chi connectivity index (χ0n) is 9.19. The van der Waals surface area contributed by atoms with Crippen LogP contribution in [0.3, 0.4) is 0 Å². The van der Waals surface area contributed by atoms with Crippen molar-refractivity contribution in [3.05, 3.63) is 46.8 Å². The molecule has 0 atom stereocenters. The molecule has 106 valence electrons. The van der Waals surface area contributed by atoms with Crippen LogP contribution in [0.25, 0.3) is 10.8 Å². The predicted molar refractivity (Wildman–Crippen MR) is 61.5 cm³/mol. The third-order valence-electron chi connectivity index (χ3n) is 2.19. The molecule has 2 aromatic carbocycles. The summed E-state index contributed by atoms with van der Waals surface area (Å²) in [5, 5.41) is -3.07. The Morgan fingerprint density at radius 2 is 1.00 bits per heavy atom. The van der Waals surface area contributed by atoms with E-state index in [2.05, 4.69) is 27.2 Å². The molecule has 0 N–H and O–H groups in total. The first-order chi connectivity index (χ1) is 9.27. The van der Waals surface area contributed by atoms with E-state index in [0.717, 1.165) is 0 Å². The second-order valence-electron chi connectivity index (χ2n) is 3.26. The summed E-state index contributed by atoms with van der Waals surface area (Å²) in [7, 11) is 0. The van der Waals surface area contributed by atoms with Crippen molar-refractivity contribution in [1.29, 1.82) is 0 Å². The van der Waals surface area contributed by atoms with Gasteiger partial charge in [0.2, 0.25) is 0 Å². The molecular weight excluding hydrogens is 478 g/mol. The van der Waals surface area contributed by atoms with Crippen molar-refractivity contribution in [2.75, 3.05) is 0 Å². The number of benzene rings is 2. The Bertz CT molecular complexity index is 662. The fourth-order valence-electron chi connectivity index (χ4n) is 1.43. The van der Waals surface area contributed by atoms with Gasteiger partial charge in [-0.3, -0.25) is 0 Å². The molecule has 2 rings (SSSR count). The van der Waals surface area contributed by atoms with Gasteiger partial charge >= 0.3 is 40.5 Å². The molecule has 0 spiro atoms. The first-order valence-electron chi connectivity index (χ1n) is 4.68. The second-order valence-corrected chi connectivity index (χ2v) is 17.3. The van der Waals surface area contributed by atoms with Crippen LogP contribution in [0, 0.1) is 40.7 Å². The van der Waals surface area contributed by atoms with E-state index in [1.165, 1.54) is 0 Å². The van der Waals surface area contributed by atoms with Gasteiger partial charge in [0.15, 0.2) is 34.9 Å². The summed E-state index contributed by atoms with van der Waals surface area (Å²) in [4.78, 5) is 0. The number of rotatable bonds is 0. The van der Waals surface area contributed by atoms with Crippen molar-refractivity contribution in [3.63, 3.8) is 0 Å². The Morgan fingerprint density at radius 3 is 1.45 bits per heavy atom. The molecule has 0 unspecified atom stereocenters. The van der Waals surface area contributed by atoms with E-state index >= 15 is 0 Å². The molecule has 0 aliphatic heterocycles. The standard InChI is InChI=1S/C10HF7.2BrH.Zn/c11-2-1-3(12)6(13)5-4(2)7(14)9(16)10(17)8(5)15;;;/h1H;2*1H;/q;;;+2/p-2. The van der Waals surface area contributed by atoms with Crippen molar-refractivity contribution >= 4 is 38.0 Å². The van der Waals surface area contributed by atoms with Crippen LogP contribution in [0.15, 0.2) is 6.07 Å². The van der Waals surface area contributed by atoms with Crippen molar-refractivity contribution < 1.29 is 43.9 Å². The summed E-state index contributed by atoms with van der Waals surface area (Å²) in [6.45, 7) is 0. The zero-order valence-corrected chi connectivity index (χ0v) is 15.3. The maximum atomic E-state index is 13.1. The molecule has 0 aliphatic carbocycles. The van der Waals surface area contributed by atoms with Gasteiger partial charge in [-0.05, 0) is 0 Å². The molecule has 2 aromatic rings. The zero-order chi connectivity index (χ0) is 15.6. The van der Waals surface area contributed by atoms with Gasteiger partial charge in [0.05, 0.1) is 10.8 Å². The van der Waals surface area contributed by atoms with Crippen molar-refractivity contribution in [2.45, 2.75) is 0 Å². The van der Waals surface area contributed by atoms with Crippen molar-refractivity contribution in [3.8, 4) is 0 Å². The van der Waals surface area contributed by atoms with Crippen LogP contribution in [0.2, 0.25) is 0 Å². The summed E-state index contributed by atoms with van der Waals surface area (Å²) < 4.78 is 90.6. The first kappa shape index (κ1) is 17.8. The fourth-order valence-corrected chi connectivity index (χ4v) is 1.43. The average molecular weight is 479 g/mol. The van der Waals surface area contributed by atoms with Crippen LogP contribution >= 0.6 is 27.2 Å². The normalized spacial score (nSPS) is 10.1. The predicted octanol–water partition coefficient (Wildman–Crippen LogP) is 5.50. The van der Waals surface area contributed by atoms with Crippen molar-refractivity contribution in [1.82, 2.24) is 0 Å². The minimum atomic E-state index is -2.33. The second kappa shape index (κ2) is 7.18. The molecule has 0 amide bonds. The van der Waals surface area contributed by atoms with Crippen LogP contribution in [-0.4, -0.2) is 0 Å². The van der Waals surface area contributed by atoms with E-state index < -0.39 is 51.5 Å². The Morgan fingerprint density at radius 1 is 0.600 bits per heavy atom. The maximum absolute atomic E-state index is 13.1. The van der Waals surface area contributed by atoms with E-state index in [9.17, 15) is 30.7 Å². The Hall–Kier alpha value is -0.207. The molecule has 0 heterocycles. The topological polar surface area (TPSA) is 0 Å². The van der Waals surface area contributed by atoms with Gasteiger partial charge in [-0.1, -0.05) is 0 Å². The molecule has 0 fully saturated rings. The van der Waals surface area contributed by atoms with Crippen LogP contribution in [-0.2, 0) is 13.2 Å². The number of hydrogen-bond acceptors (Lipinski definition) is 0. The fraction of sp³-hybridized carbons (Fsp3) is 0.